The van der Waals surface area contributed by atoms with Crippen molar-refractivity contribution in [3.05, 3.63) is 44.5 Å². The Kier molecular flexibility index (Phi) is 2.80. The zero-order valence-corrected chi connectivity index (χ0v) is 9.73. The molecule has 0 spiro atoms. The van der Waals surface area contributed by atoms with Crippen LogP contribution in [0, 0.1) is 5.82 Å². The molecule has 0 aliphatic rings. The molecule has 0 fully saturated rings. The molecule has 2 aromatic rings. The largest absolute Gasteiger partial charge is 0.423 e. The highest BCUT2D eigenvalue weighted by atomic mass is 79.9. The van der Waals surface area contributed by atoms with Crippen LogP contribution in [-0.2, 0) is 5.88 Å². The van der Waals surface area contributed by atoms with E-state index in [1.54, 1.807) is 6.07 Å². The Morgan fingerprint density at radius 3 is 2.80 bits per heavy atom. The second-order valence-corrected chi connectivity index (χ2v) is 4.11. The Balaban J connectivity index is 2.90. The quantitative estimate of drug-likeness (QED) is 0.595. The molecule has 0 aliphatic heterocycles. The van der Waals surface area contributed by atoms with Gasteiger partial charge in [-0.25, -0.2) is 9.18 Å². The summed E-state index contributed by atoms with van der Waals surface area (Å²) in [6, 6.07) is 4.02. The Morgan fingerprint density at radius 2 is 2.13 bits per heavy atom. The van der Waals surface area contributed by atoms with Gasteiger partial charge in [-0.05, 0) is 27.6 Å². The topological polar surface area (TPSA) is 30.2 Å². The van der Waals surface area contributed by atoms with Crippen LogP contribution in [0.4, 0.5) is 4.39 Å². The fraction of sp³-hybridized carbons (Fsp3) is 0.100. The van der Waals surface area contributed by atoms with Gasteiger partial charge in [0.2, 0.25) is 0 Å². The molecule has 1 aromatic heterocycles. The average molecular weight is 292 g/mol. The SMILES string of the molecule is O=c1cc(CCl)c2cc(Br)c(F)cc2o1. The van der Waals surface area contributed by atoms with Crippen molar-refractivity contribution in [3.63, 3.8) is 0 Å². The number of halogens is 3. The Morgan fingerprint density at radius 1 is 1.40 bits per heavy atom. The zero-order valence-electron chi connectivity index (χ0n) is 7.39. The van der Waals surface area contributed by atoms with E-state index >= 15 is 0 Å². The molecule has 0 bridgehead atoms. The third-order valence-electron chi connectivity index (χ3n) is 2.02. The monoisotopic (exact) mass is 290 g/mol. The minimum absolute atomic E-state index is 0.181. The highest BCUT2D eigenvalue weighted by molar-refractivity contribution is 9.10. The van der Waals surface area contributed by atoms with E-state index in [9.17, 15) is 9.18 Å². The fourth-order valence-electron chi connectivity index (χ4n) is 1.33. The third-order valence-corrected chi connectivity index (χ3v) is 2.91. The van der Waals surface area contributed by atoms with Crippen molar-refractivity contribution in [2.75, 3.05) is 0 Å². The average Bonchev–Trinajstić information content (AvgIpc) is 2.19. The Hall–Kier alpha value is -0.870. The molecule has 5 heteroatoms. The van der Waals surface area contributed by atoms with Crippen LogP contribution < -0.4 is 5.63 Å². The lowest BCUT2D eigenvalue weighted by molar-refractivity contribution is 0.552. The van der Waals surface area contributed by atoms with E-state index in [4.69, 9.17) is 16.0 Å². The van der Waals surface area contributed by atoms with E-state index in [0.717, 1.165) is 6.07 Å². The Bertz CT molecular complexity index is 579. The summed E-state index contributed by atoms with van der Waals surface area (Å²) in [6.07, 6.45) is 0. The van der Waals surface area contributed by atoms with Gasteiger partial charge >= 0.3 is 5.63 Å². The summed E-state index contributed by atoms with van der Waals surface area (Å²) in [5.41, 5.74) is 0.308. The summed E-state index contributed by atoms with van der Waals surface area (Å²) in [5, 5.41) is 0.637. The molecule has 78 valence electrons. The van der Waals surface area contributed by atoms with Crippen LogP contribution >= 0.6 is 27.5 Å². The van der Waals surface area contributed by atoms with Crippen molar-refractivity contribution in [3.8, 4) is 0 Å². The molecular formula is C10H5BrClFO2. The first-order valence-corrected chi connectivity index (χ1v) is 5.42. The number of rotatable bonds is 1. The predicted molar refractivity (Wildman–Crippen MR) is 59.7 cm³/mol. The first-order chi connectivity index (χ1) is 7.11. The van der Waals surface area contributed by atoms with E-state index in [-0.39, 0.29) is 11.5 Å². The molecule has 2 nitrogen and oxygen atoms in total. The zero-order chi connectivity index (χ0) is 11.0. The van der Waals surface area contributed by atoms with Gasteiger partial charge < -0.3 is 4.42 Å². The molecule has 1 heterocycles. The molecule has 0 saturated carbocycles. The van der Waals surface area contributed by atoms with Crippen molar-refractivity contribution in [2.24, 2.45) is 0 Å². The summed E-state index contributed by atoms with van der Waals surface area (Å²) >= 11 is 8.74. The van der Waals surface area contributed by atoms with E-state index in [2.05, 4.69) is 15.9 Å². The van der Waals surface area contributed by atoms with Gasteiger partial charge in [-0.1, -0.05) is 0 Å². The van der Waals surface area contributed by atoms with Gasteiger partial charge in [0.25, 0.3) is 0 Å². The van der Waals surface area contributed by atoms with Gasteiger partial charge in [0.05, 0.1) is 4.47 Å². The lowest BCUT2D eigenvalue weighted by atomic mass is 10.1. The minimum atomic E-state index is -0.528. The predicted octanol–water partition coefficient (Wildman–Crippen LogP) is 3.43. The van der Waals surface area contributed by atoms with Gasteiger partial charge in [0.15, 0.2) is 0 Å². The second-order valence-electron chi connectivity index (χ2n) is 2.99. The van der Waals surface area contributed by atoms with E-state index in [0.29, 0.717) is 15.4 Å². The van der Waals surface area contributed by atoms with E-state index < -0.39 is 11.4 Å². The van der Waals surface area contributed by atoms with Gasteiger partial charge in [0, 0.05) is 23.4 Å². The van der Waals surface area contributed by atoms with Gasteiger partial charge in [-0.15, -0.1) is 11.6 Å². The number of fused-ring (bicyclic) bond motifs is 1. The number of hydrogen-bond donors (Lipinski definition) is 0. The van der Waals surface area contributed by atoms with Gasteiger partial charge in [-0.3, -0.25) is 0 Å². The summed E-state index contributed by atoms with van der Waals surface area (Å²) in [6.45, 7) is 0. The van der Waals surface area contributed by atoms with Crippen LogP contribution in [0.1, 0.15) is 5.56 Å². The van der Waals surface area contributed by atoms with Crippen LogP contribution in [0.3, 0.4) is 0 Å². The molecule has 0 atom stereocenters. The van der Waals surface area contributed by atoms with Crippen LogP contribution in [-0.4, -0.2) is 0 Å². The van der Waals surface area contributed by atoms with Crippen molar-refractivity contribution < 1.29 is 8.81 Å². The van der Waals surface area contributed by atoms with E-state index in [1.807, 2.05) is 0 Å². The summed E-state index contributed by atoms with van der Waals surface area (Å²) in [7, 11) is 0. The molecule has 0 unspecified atom stereocenters. The van der Waals surface area contributed by atoms with E-state index in [1.165, 1.54) is 6.07 Å². The molecule has 1 aromatic carbocycles. The molecule has 0 N–H and O–H groups in total. The number of benzene rings is 1. The van der Waals surface area contributed by atoms with Crippen LogP contribution in [0.5, 0.6) is 0 Å². The molecule has 2 rings (SSSR count). The van der Waals surface area contributed by atoms with Crippen LogP contribution in [0.25, 0.3) is 11.0 Å². The molecule has 0 amide bonds. The van der Waals surface area contributed by atoms with Crippen LogP contribution in [0.2, 0.25) is 0 Å². The minimum Gasteiger partial charge on any atom is -0.423 e. The van der Waals surface area contributed by atoms with Crippen LogP contribution in [0.15, 0.2) is 31.9 Å². The molecule has 0 aliphatic carbocycles. The standard InChI is InChI=1S/C10H5BrClFO2/c11-7-2-6-5(4-12)1-10(14)15-9(6)3-8(7)13/h1-3H,4H2. The highest BCUT2D eigenvalue weighted by Gasteiger charge is 2.08. The molecule has 15 heavy (non-hydrogen) atoms. The third kappa shape index (κ3) is 1.92. The first kappa shape index (κ1) is 10.6. The number of alkyl halides is 1. The summed E-state index contributed by atoms with van der Waals surface area (Å²) < 4.78 is 18.4. The summed E-state index contributed by atoms with van der Waals surface area (Å²) in [5.74, 6) is -0.294. The molecule has 0 radical (unpaired) electrons. The van der Waals surface area contributed by atoms with Crippen molar-refractivity contribution in [1.29, 1.82) is 0 Å². The lowest BCUT2D eigenvalue weighted by Gasteiger charge is -2.02. The maximum absolute atomic E-state index is 13.2. The second kappa shape index (κ2) is 3.94. The molecule has 0 saturated heterocycles. The van der Waals surface area contributed by atoms with Crippen molar-refractivity contribution in [2.45, 2.75) is 5.88 Å². The smallest absolute Gasteiger partial charge is 0.336 e. The maximum Gasteiger partial charge on any atom is 0.336 e. The summed E-state index contributed by atoms with van der Waals surface area (Å²) in [4.78, 5) is 11.1. The number of hydrogen-bond acceptors (Lipinski definition) is 2. The molecular weight excluding hydrogens is 286 g/mol. The van der Waals surface area contributed by atoms with Crippen molar-refractivity contribution >= 4 is 38.5 Å². The Labute approximate surface area is 97.8 Å². The lowest BCUT2D eigenvalue weighted by Crippen LogP contribution is -1.99. The normalized spacial score (nSPS) is 10.9. The van der Waals surface area contributed by atoms with Crippen molar-refractivity contribution in [1.82, 2.24) is 0 Å². The van der Waals surface area contributed by atoms with Gasteiger partial charge in [-0.2, -0.15) is 0 Å². The fourth-order valence-corrected chi connectivity index (χ4v) is 1.90. The maximum atomic E-state index is 13.2. The first-order valence-electron chi connectivity index (χ1n) is 4.09. The highest BCUT2D eigenvalue weighted by Crippen LogP contribution is 2.25. The van der Waals surface area contributed by atoms with Gasteiger partial charge in [0.1, 0.15) is 11.4 Å².